The highest BCUT2D eigenvalue weighted by Gasteiger charge is 2.35. The molecule has 0 unspecified atom stereocenters. The topological polar surface area (TPSA) is 141 Å². The van der Waals surface area contributed by atoms with Crippen molar-refractivity contribution in [2.45, 2.75) is 0 Å². The fourth-order valence-electron chi connectivity index (χ4n) is 2.48. The van der Waals surface area contributed by atoms with E-state index in [1.807, 2.05) is 0 Å². The van der Waals surface area contributed by atoms with Gasteiger partial charge in [-0.2, -0.15) is 0 Å². The number of non-ortho nitro benzene ring substituents is 2. The molecule has 0 radical (unpaired) electrons. The number of benzene rings is 2. The fraction of sp³-hybridized carbons (Fsp3) is 0. The highest BCUT2D eigenvalue weighted by molar-refractivity contribution is 6.53. The first-order valence-corrected chi connectivity index (χ1v) is 6.20. The van der Waals surface area contributed by atoms with E-state index in [2.05, 4.69) is 0 Å². The first-order chi connectivity index (χ1) is 10.8. The summed E-state index contributed by atoms with van der Waals surface area (Å²) in [6, 6.07) is 5.04. The van der Waals surface area contributed by atoms with Crippen LogP contribution in [0.25, 0.3) is 11.1 Å². The minimum atomic E-state index is -1.06. The lowest BCUT2D eigenvalue weighted by molar-refractivity contribution is -0.385. The minimum Gasteiger partial charge on any atom is -0.507 e. The monoisotopic (exact) mass is 314 g/mol. The lowest BCUT2D eigenvalue weighted by atomic mass is 9.83. The predicted molar refractivity (Wildman–Crippen MR) is 75.5 cm³/mol. The van der Waals surface area contributed by atoms with E-state index in [0.29, 0.717) is 0 Å². The Kier molecular flexibility index (Phi) is 2.93. The van der Waals surface area contributed by atoms with Crippen LogP contribution in [0.4, 0.5) is 11.4 Å². The number of carbonyl (C=O) groups is 2. The molecule has 9 heteroatoms. The van der Waals surface area contributed by atoms with Crippen molar-refractivity contribution in [3.05, 3.63) is 61.7 Å². The Morgan fingerprint density at radius 2 is 1.35 bits per heavy atom. The number of Topliss-reactive ketones (excluding diaryl/α,β-unsaturated/α-hetero) is 2. The van der Waals surface area contributed by atoms with Crippen LogP contribution in [0.15, 0.2) is 30.3 Å². The number of nitrogens with zero attached hydrogens (tertiary/aromatic N) is 2. The molecule has 0 spiro atoms. The van der Waals surface area contributed by atoms with Crippen LogP contribution in [0.1, 0.15) is 20.7 Å². The fourth-order valence-corrected chi connectivity index (χ4v) is 2.48. The van der Waals surface area contributed by atoms with E-state index in [-0.39, 0.29) is 27.9 Å². The van der Waals surface area contributed by atoms with Crippen molar-refractivity contribution in [2.75, 3.05) is 0 Å². The van der Waals surface area contributed by atoms with E-state index >= 15 is 0 Å². The standard InChI is InChI=1S/C14H6N2O7/c17-11-5-7(16(22)23)4-10-12(11)8-2-1-6(15(20)21)3-9(8)13(18)14(10)19/h1-5,17H. The molecule has 0 aliphatic heterocycles. The van der Waals surface area contributed by atoms with Gasteiger partial charge in [0, 0.05) is 34.9 Å². The van der Waals surface area contributed by atoms with Gasteiger partial charge in [0.25, 0.3) is 11.4 Å². The smallest absolute Gasteiger partial charge is 0.273 e. The van der Waals surface area contributed by atoms with Crippen LogP contribution >= 0.6 is 0 Å². The number of phenols is 1. The maximum absolute atomic E-state index is 12.1. The van der Waals surface area contributed by atoms with Gasteiger partial charge in [-0.25, -0.2) is 0 Å². The molecule has 23 heavy (non-hydrogen) atoms. The summed E-state index contributed by atoms with van der Waals surface area (Å²) in [6.45, 7) is 0. The zero-order chi connectivity index (χ0) is 16.9. The molecule has 0 saturated heterocycles. The summed E-state index contributed by atoms with van der Waals surface area (Å²) >= 11 is 0. The number of fused-ring (bicyclic) bond motifs is 3. The number of phenolic OH excluding ortho intramolecular Hbond substituents is 1. The largest absolute Gasteiger partial charge is 0.507 e. The second-order valence-corrected chi connectivity index (χ2v) is 4.79. The third-order valence-electron chi connectivity index (χ3n) is 3.49. The Morgan fingerprint density at radius 3 is 1.96 bits per heavy atom. The average Bonchev–Trinajstić information content (AvgIpc) is 2.51. The molecule has 1 aliphatic carbocycles. The van der Waals surface area contributed by atoms with E-state index < -0.39 is 32.9 Å². The van der Waals surface area contributed by atoms with Crippen molar-refractivity contribution in [3.8, 4) is 16.9 Å². The quantitative estimate of drug-likeness (QED) is 0.509. The van der Waals surface area contributed by atoms with Crippen LogP contribution in [0.3, 0.4) is 0 Å². The molecule has 0 fully saturated rings. The van der Waals surface area contributed by atoms with Crippen LogP contribution in [-0.2, 0) is 0 Å². The molecule has 0 heterocycles. The SMILES string of the molecule is O=C1C(=O)c2cc([N+](=O)[O-])cc(O)c2-c2ccc([N+](=O)[O-])cc21. The highest BCUT2D eigenvalue weighted by atomic mass is 16.6. The number of nitro benzene ring substituents is 2. The molecule has 0 aromatic heterocycles. The number of hydrogen-bond donors (Lipinski definition) is 1. The summed E-state index contributed by atoms with van der Waals surface area (Å²) in [5.74, 6) is -2.63. The Balaban J connectivity index is 2.35. The molecular weight excluding hydrogens is 308 g/mol. The summed E-state index contributed by atoms with van der Waals surface area (Å²) in [5.41, 5.74) is -1.38. The molecular formula is C14H6N2O7. The van der Waals surface area contributed by atoms with Gasteiger partial charge in [-0.1, -0.05) is 0 Å². The van der Waals surface area contributed by atoms with E-state index in [4.69, 9.17) is 0 Å². The molecule has 2 aromatic rings. The molecule has 1 aliphatic rings. The van der Waals surface area contributed by atoms with Gasteiger partial charge in [0.05, 0.1) is 15.9 Å². The first kappa shape index (κ1) is 14.3. The van der Waals surface area contributed by atoms with Gasteiger partial charge in [0.15, 0.2) is 0 Å². The molecule has 0 atom stereocenters. The summed E-state index contributed by atoms with van der Waals surface area (Å²) in [7, 11) is 0. The second kappa shape index (κ2) is 4.70. The predicted octanol–water partition coefficient (Wildman–Crippen LogP) is 2.25. The van der Waals surface area contributed by atoms with Gasteiger partial charge >= 0.3 is 0 Å². The summed E-state index contributed by atoms with van der Waals surface area (Å²) < 4.78 is 0. The van der Waals surface area contributed by atoms with Crippen LogP contribution < -0.4 is 0 Å². The number of rotatable bonds is 2. The average molecular weight is 314 g/mol. The third-order valence-corrected chi connectivity index (χ3v) is 3.49. The van der Waals surface area contributed by atoms with Crippen molar-refractivity contribution in [3.63, 3.8) is 0 Å². The van der Waals surface area contributed by atoms with Gasteiger partial charge in [-0.3, -0.25) is 29.8 Å². The lowest BCUT2D eigenvalue weighted by Gasteiger charge is -2.18. The zero-order valence-electron chi connectivity index (χ0n) is 11.2. The van der Waals surface area contributed by atoms with Gasteiger partial charge in [-0.05, 0) is 11.6 Å². The van der Waals surface area contributed by atoms with Crippen LogP contribution in [0.2, 0.25) is 0 Å². The van der Waals surface area contributed by atoms with Crippen molar-refractivity contribution in [1.29, 1.82) is 0 Å². The van der Waals surface area contributed by atoms with Crippen molar-refractivity contribution < 1.29 is 24.5 Å². The maximum Gasteiger partial charge on any atom is 0.273 e. The Morgan fingerprint density at radius 1 is 0.783 bits per heavy atom. The van der Waals surface area contributed by atoms with Crippen molar-refractivity contribution in [1.82, 2.24) is 0 Å². The van der Waals surface area contributed by atoms with Crippen molar-refractivity contribution >= 4 is 22.9 Å². The van der Waals surface area contributed by atoms with E-state index in [1.165, 1.54) is 6.07 Å². The number of ketones is 2. The van der Waals surface area contributed by atoms with Crippen LogP contribution in [0.5, 0.6) is 5.75 Å². The first-order valence-electron chi connectivity index (χ1n) is 6.20. The molecule has 2 aromatic carbocycles. The summed E-state index contributed by atoms with van der Waals surface area (Å²) in [5, 5.41) is 31.6. The summed E-state index contributed by atoms with van der Waals surface area (Å²) in [4.78, 5) is 44.3. The minimum absolute atomic E-state index is 0.0508. The van der Waals surface area contributed by atoms with Crippen LogP contribution in [-0.4, -0.2) is 26.5 Å². The Labute approximate surface area is 127 Å². The van der Waals surface area contributed by atoms with Crippen LogP contribution in [0, 0.1) is 20.2 Å². The number of carbonyl (C=O) groups excluding carboxylic acids is 2. The normalized spacial score (nSPS) is 12.5. The van der Waals surface area contributed by atoms with E-state index in [0.717, 1.165) is 24.3 Å². The molecule has 0 amide bonds. The van der Waals surface area contributed by atoms with Gasteiger partial charge in [-0.15, -0.1) is 0 Å². The van der Waals surface area contributed by atoms with Gasteiger partial charge < -0.3 is 5.11 Å². The summed E-state index contributed by atoms with van der Waals surface area (Å²) in [6.07, 6.45) is 0. The molecule has 1 N–H and O–H groups in total. The third kappa shape index (κ3) is 2.02. The molecule has 114 valence electrons. The second-order valence-electron chi connectivity index (χ2n) is 4.79. The molecule has 9 nitrogen and oxygen atoms in total. The van der Waals surface area contributed by atoms with Crippen molar-refractivity contribution in [2.24, 2.45) is 0 Å². The molecule has 0 saturated carbocycles. The number of nitro groups is 2. The molecule has 3 rings (SSSR count). The number of hydrogen-bond acceptors (Lipinski definition) is 7. The van der Waals surface area contributed by atoms with E-state index in [9.17, 15) is 34.9 Å². The van der Waals surface area contributed by atoms with Gasteiger partial charge in [0.1, 0.15) is 5.75 Å². The van der Waals surface area contributed by atoms with E-state index in [1.54, 1.807) is 0 Å². The lowest BCUT2D eigenvalue weighted by Crippen LogP contribution is -2.21. The Hall–Kier alpha value is -3.62. The Bertz CT molecular complexity index is 933. The molecule has 0 bridgehead atoms. The zero-order valence-corrected chi connectivity index (χ0v) is 11.2. The highest BCUT2D eigenvalue weighted by Crippen LogP contribution is 2.42. The van der Waals surface area contributed by atoms with Gasteiger partial charge in [0.2, 0.25) is 11.6 Å². The maximum atomic E-state index is 12.1. The number of aromatic hydroxyl groups is 1.